The van der Waals surface area contributed by atoms with Gasteiger partial charge in [0.15, 0.2) is 0 Å². The van der Waals surface area contributed by atoms with E-state index >= 15 is 0 Å². The van der Waals surface area contributed by atoms with Gasteiger partial charge >= 0.3 is 147 Å². The third kappa shape index (κ3) is 3.02. The van der Waals surface area contributed by atoms with Crippen molar-refractivity contribution < 1.29 is 16.6 Å². The van der Waals surface area contributed by atoms with Gasteiger partial charge in [0, 0.05) is 0 Å². The van der Waals surface area contributed by atoms with Crippen LogP contribution in [0.3, 0.4) is 0 Å². The molecule has 1 unspecified atom stereocenters. The molecule has 0 amide bonds. The summed E-state index contributed by atoms with van der Waals surface area (Å²) in [6.07, 6.45) is 9.00. The molecule has 0 bridgehead atoms. The van der Waals surface area contributed by atoms with E-state index in [4.69, 9.17) is 0 Å². The van der Waals surface area contributed by atoms with E-state index in [0.717, 1.165) is 0 Å². The molecule has 0 radical (unpaired) electrons. The summed E-state index contributed by atoms with van der Waals surface area (Å²) in [6.45, 7) is 19.0. The Morgan fingerprint density at radius 3 is 1.96 bits per heavy atom. The van der Waals surface area contributed by atoms with Crippen molar-refractivity contribution >= 4 is 0 Å². The second-order valence-corrected chi connectivity index (χ2v) is 16.9. The van der Waals surface area contributed by atoms with Crippen LogP contribution in [0.1, 0.15) is 61.8 Å². The van der Waals surface area contributed by atoms with E-state index in [0.29, 0.717) is 16.7 Å². The van der Waals surface area contributed by atoms with Crippen molar-refractivity contribution in [2.24, 2.45) is 16.7 Å². The van der Waals surface area contributed by atoms with Crippen LogP contribution in [-0.4, -0.2) is 0 Å². The molecule has 0 aromatic heterocycles. The SMILES string of the molecule is CC1=[C]([Ti]2([C]3=CC(C(C)(C)C)=CC3C)[CH2][CH2]2)CC(C(C)(C)C)=C1. The first-order valence-electron chi connectivity index (χ1n) is 9.31. The molecule has 0 aromatic rings. The molecule has 0 spiro atoms. The van der Waals surface area contributed by atoms with Gasteiger partial charge in [-0.05, 0) is 0 Å². The number of hydrogen-bond donors (Lipinski definition) is 0. The van der Waals surface area contributed by atoms with Gasteiger partial charge in [-0.25, -0.2) is 0 Å². The first-order chi connectivity index (χ1) is 10.4. The molecule has 0 aromatic carbocycles. The fourth-order valence-electron chi connectivity index (χ4n) is 4.39. The number of rotatable bonds is 2. The molecule has 1 saturated heterocycles. The van der Waals surface area contributed by atoms with Gasteiger partial charge in [0.25, 0.3) is 0 Å². The van der Waals surface area contributed by atoms with Gasteiger partial charge in [-0.15, -0.1) is 0 Å². The Kier molecular flexibility index (Phi) is 4.06. The predicted octanol–water partition coefficient (Wildman–Crippen LogP) is 7.15. The van der Waals surface area contributed by atoms with Crippen molar-refractivity contribution in [3.05, 3.63) is 42.7 Å². The van der Waals surface area contributed by atoms with E-state index in [1.54, 1.807) is 26.2 Å². The molecule has 0 nitrogen and oxygen atoms in total. The second-order valence-electron chi connectivity index (χ2n) is 10.1. The Morgan fingerprint density at radius 2 is 1.57 bits per heavy atom. The first-order valence-corrected chi connectivity index (χ1v) is 13.1. The van der Waals surface area contributed by atoms with Crippen molar-refractivity contribution in [3.8, 4) is 0 Å². The fraction of sp³-hybridized carbons (Fsp3) is 0.636. The summed E-state index contributed by atoms with van der Waals surface area (Å²) >= 11 is -1.91. The number of allylic oxidation sites excluding steroid dienone is 8. The summed E-state index contributed by atoms with van der Waals surface area (Å²) in [5.41, 5.74) is 5.49. The molecule has 1 heteroatoms. The van der Waals surface area contributed by atoms with Crippen LogP contribution >= 0.6 is 0 Å². The van der Waals surface area contributed by atoms with Crippen LogP contribution < -0.4 is 0 Å². The standard InChI is InChI=1S/2C10H15.C2H4.Ti/c2*1-8-5-6-9(7-8)10(2,3)4;1-2;/h7H,6H2,1-4H3;6-8H,1-4H3;1-2H2;. The van der Waals surface area contributed by atoms with Gasteiger partial charge in [-0.1, -0.05) is 0 Å². The fourth-order valence-corrected chi connectivity index (χ4v) is 13.1. The third-order valence-corrected chi connectivity index (χ3v) is 13.9. The summed E-state index contributed by atoms with van der Waals surface area (Å²) in [5, 5.41) is 0. The quantitative estimate of drug-likeness (QED) is 0.466. The zero-order valence-corrected chi connectivity index (χ0v) is 18.0. The Bertz CT molecular complexity index is 649. The molecule has 1 fully saturated rings. The van der Waals surface area contributed by atoms with Crippen LogP contribution in [0.15, 0.2) is 42.7 Å². The van der Waals surface area contributed by atoms with Crippen molar-refractivity contribution in [1.29, 1.82) is 0 Å². The predicted molar refractivity (Wildman–Crippen MR) is 99.3 cm³/mol. The van der Waals surface area contributed by atoms with Gasteiger partial charge in [-0.3, -0.25) is 0 Å². The summed E-state index contributed by atoms with van der Waals surface area (Å²) in [4.78, 5) is 0. The number of hydrogen-bond acceptors (Lipinski definition) is 0. The van der Waals surface area contributed by atoms with Crippen molar-refractivity contribution in [2.45, 2.75) is 71.3 Å². The summed E-state index contributed by atoms with van der Waals surface area (Å²) in [7, 11) is 0. The molecule has 23 heavy (non-hydrogen) atoms. The molecule has 126 valence electrons. The molecular formula is C22H34Ti. The van der Waals surface area contributed by atoms with E-state index in [1.807, 2.05) is 7.76 Å². The van der Waals surface area contributed by atoms with Gasteiger partial charge in [0.1, 0.15) is 0 Å². The van der Waals surface area contributed by atoms with Gasteiger partial charge in [0.2, 0.25) is 0 Å². The summed E-state index contributed by atoms with van der Waals surface area (Å²) in [6, 6.07) is 0. The minimum atomic E-state index is -1.91. The zero-order valence-electron chi connectivity index (χ0n) is 16.4. The maximum atomic E-state index is 2.63. The van der Waals surface area contributed by atoms with Crippen LogP contribution in [0.2, 0.25) is 9.45 Å². The Balaban J connectivity index is 1.90. The molecular weight excluding hydrogens is 312 g/mol. The molecule has 3 rings (SSSR count). The van der Waals surface area contributed by atoms with Gasteiger partial charge in [0.05, 0.1) is 0 Å². The maximum absolute atomic E-state index is 2.63. The molecule has 2 aliphatic carbocycles. The average Bonchev–Trinajstić information content (AvgIpc) is 2.90. The van der Waals surface area contributed by atoms with E-state index in [1.165, 1.54) is 6.42 Å². The van der Waals surface area contributed by atoms with Crippen LogP contribution in [-0.2, 0) is 16.6 Å². The molecule has 3 aliphatic rings. The van der Waals surface area contributed by atoms with Crippen molar-refractivity contribution in [2.75, 3.05) is 0 Å². The van der Waals surface area contributed by atoms with Crippen molar-refractivity contribution in [1.82, 2.24) is 0 Å². The normalized spacial score (nSPS) is 27.1. The second kappa shape index (κ2) is 5.33. The Morgan fingerprint density at radius 1 is 0.957 bits per heavy atom. The van der Waals surface area contributed by atoms with Crippen LogP contribution in [0, 0.1) is 16.7 Å². The van der Waals surface area contributed by atoms with Gasteiger partial charge < -0.3 is 0 Å². The first kappa shape index (κ1) is 17.5. The molecule has 1 heterocycles. The zero-order chi connectivity index (χ0) is 17.2. The van der Waals surface area contributed by atoms with Gasteiger partial charge in [-0.2, -0.15) is 0 Å². The topological polar surface area (TPSA) is 0 Å². The molecule has 0 N–H and O–H groups in total. The third-order valence-electron chi connectivity index (χ3n) is 6.17. The summed E-state index contributed by atoms with van der Waals surface area (Å²) < 4.78 is 6.88. The molecule has 1 aliphatic heterocycles. The van der Waals surface area contributed by atoms with E-state index in [-0.39, 0.29) is 0 Å². The van der Waals surface area contributed by atoms with Crippen LogP contribution in [0.4, 0.5) is 0 Å². The van der Waals surface area contributed by atoms with E-state index < -0.39 is 16.6 Å². The molecule has 1 atom stereocenters. The monoisotopic (exact) mass is 346 g/mol. The van der Waals surface area contributed by atoms with Crippen LogP contribution in [0.25, 0.3) is 0 Å². The molecule has 0 saturated carbocycles. The minimum absolute atomic E-state index is 0.294. The van der Waals surface area contributed by atoms with Crippen LogP contribution in [0.5, 0.6) is 0 Å². The average molecular weight is 346 g/mol. The van der Waals surface area contributed by atoms with E-state index in [2.05, 4.69) is 73.6 Å². The van der Waals surface area contributed by atoms with E-state index in [9.17, 15) is 0 Å². The Hall–Kier alpha value is -0.326. The summed E-state index contributed by atoms with van der Waals surface area (Å²) in [5.74, 6) is 0.686. The van der Waals surface area contributed by atoms with Crippen molar-refractivity contribution in [3.63, 3.8) is 0 Å². The Labute approximate surface area is 147 Å².